The van der Waals surface area contributed by atoms with Crippen LogP contribution in [0.25, 0.3) is 0 Å². The van der Waals surface area contributed by atoms with Crippen LogP contribution in [-0.2, 0) is 0 Å². The summed E-state index contributed by atoms with van der Waals surface area (Å²) in [6.07, 6.45) is 6.56. The first kappa shape index (κ1) is 11.6. The minimum absolute atomic E-state index is 0.330. The number of hydrogen-bond acceptors (Lipinski definition) is 4. The number of nitrogens with two attached hydrogens (primary N) is 1. The summed E-state index contributed by atoms with van der Waals surface area (Å²) in [6, 6.07) is 1.58. The van der Waals surface area contributed by atoms with Crippen molar-refractivity contribution >= 4 is 31.9 Å². The molecule has 0 fully saturated rings. The molecule has 0 aliphatic rings. The molecule has 82 valence electrons. The first-order valence-corrected chi connectivity index (χ1v) is 6.08. The SMILES string of the molecule is NC(c1cncnc1)c1ncc(Br)cc1Br. The summed E-state index contributed by atoms with van der Waals surface area (Å²) in [6.45, 7) is 0. The van der Waals surface area contributed by atoms with Gasteiger partial charge in [-0.3, -0.25) is 4.98 Å². The summed E-state index contributed by atoms with van der Waals surface area (Å²) in [5, 5.41) is 0. The second-order valence-electron chi connectivity index (χ2n) is 3.17. The predicted molar refractivity (Wildman–Crippen MR) is 67.7 cm³/mol. The van der Waals surface area contributed by atoms with Crippen LogP contribution in [0.5, 0.6) is 0 Å². The monoisotopic (exact) mass is 342 g/mol. The third-order valence-corrected chi connectivity index (χ3v) is 3.14. The standard InChI is InChI=1S/C10H8Br2N4/c11-7-1-8(12)10(16-4-7)9(13)6-2-14-5-15-3-6/h1-5,9H,13H2. The number of pyridine rings is 1. The first-order valence-electron chi connectivity index (χ1n) is 4.50. The molecule has 0 saturated carbocycles. The molecule has 0 aromatic carbocycles. The van der Waals surface area contributed by atoms with E-state index in [-0.39, 0.29) is 6.04 Å². The van der Waals surface area contributed by atoms with Crippen molar-refractivity contribution < 1.29 is 0 Å². The molecular formula is C10H8Br2N4. The number of rotatable bonds is 2. The van der Waals surface area contributed by atoms with Crippen molar-refractivity contribution in [3.8, 4) is 0 Å². The number of nitrogens with zero attached hydrogens (tertiary/aromatic N) is 3. The fourth-order valence-electron chi connectivity index (χ4n) is 1.28. The van der Waals surface area contributed by atoms with E-state index in [4.69, 9.17) is 5.73 Å². The summed E-state index contributed by atoms with van der Waals surface area (Å²) < 4.78 is 1.76. The maximum atomic E-state index is 6.08. The van der Waals surface area contributed by atoms with E-state index in [1.165, 1.54) is 6.33 Å². The smallest absolute Gasteiger partial charge is 0.115 e. The third kappa shape index (κ3) is 2.45. The van der Waals surface area contributed by atoms with E-state index in [1.54, 1.807) is 18.6 Å². The van der Waals surface area contributed by atoms with Gasteiger partial charge < -0.3 is 5.73 Å². The summed E-state index contributed by atoms with van der Waals surface area (Å²) >= 11 is 6.78. The lowest BCUT2D eigenvalue weighted by Crippen LogP contribution is -2.14. The van der Waals surface area contributed by atoms with Crippen LogP contribution < -0.4 is 5.73 Å². The zero-order valence-electron chi connectivity index (χ0n) is 8.14. The normalized spacial score (nSPS) is 12.4. The van der Waals surface area contributed by atoms with Gasteiger partial charge in [-0.25, -0.2) is 9.97 Å². The number of hydrogen-bond donors (Lipinski definition) is 1. The van der Waals surface area contributed by atoms with Crippen LogP contribution in [-0.4, -0.2) is 15.0 Å². The first-order chi connectivity index (χ1) is 7.68. The maximum Gasteiger partial charge on any atom is 0.115 e. The van der Waals surface area contributed by atoms with E-state index in [1.807, 2.05) is 6.07 Å². The molecule has 0 amide bonds. The lowest BCUT2D eigenvalue weighted by Gasteiger charge is -2.12. The van der Waals surface area contributed by atoms with Crippen LogP contribution in [0.4, 0.5) is 0 Å². The zero-order valence-corrected chi connectivity index (χ0v) is 11.3. The Morgan fingerprint density at radius 3 is 2.44 bits per heavy atom. The van der Waals surface area contributed by atoms with Crippen molar-refractivity contribution in [1.29, 1.82) is 0 Å². The molecule has 0 saturated heterocycles. The molecule has 2 heterocycles. The van der Waals surface area contributed by atoms with Crippen LogP contribution >= 0.6 is 31.9 Å². The van der Waals surface area contributed by atoms with Crippen LogP contribution in [0.1, 0.15) is 17.3 Å². The van der Waals surface area contributed by atoms with Gasteiger partial charge in [-0.05, 0) is 37.9 Å². The Balaban J connectivity index is 2.38. The molecule has 0 bridgehead atoms. The van der Waals surface area contributed by atoms with Crippen molar-refractivity contribution in [3.05, 3.63) is 51.2 Å². The summed E-state index contributed by atoms with van der Waals surface area (Å²) in [5.41, 5.74) is 7.67. The molecule has 0 spiro atoms. The van der Waals surface area contributed by atoms with E-state index in [0.29, 0.717) is 0 Å². The van der Waals surface area contributed by atoms with Gasteiger partial charge in [-0.2, -0.15) is 0 Å². The minimum Gasteiger partial charge on any atom is -0.319 e. The topological polar surface area (TPSA) is 64.7 Å². The Hall–Kier alpha value is -0.850. The Bertz CT molecular complexity index is 489. The van der Waals surface area contributed by atoms with Gasteiger partial charge in [0.25, 0.3) is 0 Å². The second kappa shape index (κ2) is 4.99. The van der Waals surface area contributed by atoms with E-state index in [2.05, 4.69) is 46.8 Å². The minimum atomic E-state index is -0.330. The molecule has 0 aliphatic heterocycles. The lowest BCUT2D eigenvalue weighted by atomic mass is 10.1. The Morgan fingerprint density at radius 1 is 1.12 bits per heavy atom. The Kier molecular flexibility index (Phi) is 3.63. The van der Waals surface area contributed by atoms with Crippen LogP contribution in [0.2, 0.25) is 0 Å². The lowest BCUT2D eigenvalue weighted by molar-refractivity contribution is 0.806. The quantitative estimate of drug-likeness (QED) is 0.909. The van der Waals surface area contributed by atoms with Crippen LogP contribution in [0.15, 0.2) is 39.9 Å². The number of halogens is 2. The Labute approximate surface area is 110 Å². The van der Waals surface area contributed by atoms with Gasteiger partial charge in [-0.1, -0.05) is 0 Å². The van der Waals surface area contributed by atoms with Crippen LogP contribution in [0, 0.1) is 0 Å². The van der Waals surface area contributed by atoms with Gasteiger partial charge in [0.15, 0.2) is 0 Å². The molecule has 2 aromatic rings. The van der Waals surface area contributed by atoms with Gasteiger partial charge in [0.1, 0.15) is 6.33 Å². The second-order valence-corrected chi connectivity index (χ2v) is 4.94. The van der Waals surface area contributed by atoms with Gasteiger partial charge in [0, 0.05) is 33.1 Å². The van der Waals surface area contributed by atoms with E-state index in [0.717, 1.165) is 20.2 Å². The zero-order chi connectivity index (χ0) is 11.5. The molecule has 16 heavy (non-hydrogen) atoms. The van der Waals surface area contributed by atoms with Crippen molar-refractivity contribution in [2.24, 2.45) is 5.73 Å². The van der Waals surface area contributed by atoms with Crippen molar-refractivity contribution in [2.75, 3.05) is 0 Å². The van der Waals surface area contributed by atoms with Gasteiger partial charge >= 0.3 is 0 Å². The highest BCUT2D eigenvalue weighted by molar-refractivity contribution is 9.11. The summed E-state index contributed by atoms with van der Waals surface area (Å²) in [7, 11) is 0. The highest BCUT2D eigenvalue weighted by atomic mass is 79.9. The van der Waals surface area contributed by atoms with Gasteiger partial charge in [0.2, 0.25) is 0 Å². The fraction of sp³-hybridized carbons (Fsp3) is 0.100. The largest absolute Gasteiger partial charge is 0.319 e. The molecule has 0 radical (unpaired) electrons. The molecule has 2 N–H and O–H groups in total. The highest BCUT2D eigenvalue weighted by Crippen LogP contribution is 2.26. The van der Waals surface area contributed by atoms with E-state index < -0.39 is 0 Å². The van der Waals surface area contributed by atoms with E-state index >= 15 is 0 Å². The third-order valence-electron chi connectivity index (χ3n) is 2.07. The molecule has 0 aliphatic carbocycles. The van der Waals surface area contributed by atoms with Crippen molar-refractivity contribution in [2.45, 2.75) is 6.04 Å². The molecule has 1 atom stereocenters. The summed E-state index contributed by atoms with van der Waals surface area (Å²) in [5.74, 6) is 0. The van der Waals surface area contributed by atoms with Gasteiger partial charge in [-0.15, -0.1) is 0 Å². The van der Waals surface area contributed by atoms with Crippen LogP contribution in [0.3, 0.4) is 0 Å². The fourth-order valence-corrected chi connectivity index (χ4v) is 2.52. The average molecular weight is 344 g/mol. The Morgan fingerprint density at radius 2 is 1.81 bits per heavy atom. The average Bonchev–Trinajstić information content (AvgIpc) is 2.29. The number of aromatic nitrogens is 3. The molecule has 2 rings (SSSR count). The molecule has 4 nitrogen and oxygen atoms in total. The van der Waals surface area contributed by atoms with Gasteiger partial charge in [0.05, 0.1) is 11.7 Å². The van der Waals surface area contributed by atoms with E-state index in [9.17, 15) is 0 Å². The molecule has 1 unspecified atom stereocenters. The summed E-state index contributed by atoms with van der Waals surface area (Å²) in [4.78, 5) is 12.1. The highest BCUT2D eigenvalue weighted by Gasteiger charge is 2.14. The molecule has 2 aromatic heterocycles. The van der Waals surface area contributed by atoms with Crippen molar-refractivity contribution in [3.63, 3.8) is 0 Å². The molecule has 6 heteroatoms. The molecular weight excluding hydrogens is 336 g/mol. The predicted octanol–water partition coefficient (Wildman–Crippen LogP) is 2.44. The maximum absolute atomic E-state index is 6.08. The van der Waals surface area contributed by atoms with Crippen molar-refractivity contribution in [1.82, 2.24) is 15.0 Å².